The SMILES string of the molecule is CCC1CN(C(=O)c2csc(N)n2)CCO1. The molecule has 1 aromatic rings. The Morgan fingerprint density at radius 1 is 1.81 bits per heavy atom. The monoisotopic (exact) mass is 241 g/mol. The van der Waals surface area contributed by atoms with Crippen molar-refractivity contribution in [3.63, 3.8) is 0 Å². The molecule has 88 valence electrons. The van der Waals surface area contributed by atoms with Gasteiger partial charge in [-0.05, 0) is 6.42 Å². The van der Waals surface area contributed by atoms with E-state index >= 15 is 0 Å². The summed E-state index contributed by atoms with van der Waals surface area (Å²) in [4.78, 5) is 17.8. The lowest BCUT2D eigenvalue weighted by Crippen LogP contribution is -2.45. The molecule has 2 rings (SSSR count). The Morgan fingerprint density at radius 2 is 2.62 bits per heavy atom. The maximum Gasteiger partial charge on any atom is 0.273 e. The zero-order chi connectivity index (χ0) is 11.5. The summed E-state index contributed by atoms with van der Waals surface area (Å²) in [5, 5.41) is 2.14. The van der Waals surface area contributed by atoms with Crippen molar-refractivity contribution in [3.8, 4) is 0 Å². The van der Waals surface area contributed by atoms with Crippen LogP contribution in [0.3, 0.4) is 0 Å². The van der Waals surface area contributed by atoms with Gasteiger partial charge >= 0.3 is 0 Å². The molecule has 0 spiro atoms. The van der Waals surface area contributed by atoms with Crippen LogP contribution in [0.25, 0.3) is 0 Å². The Kier molecular flexibility index (Phi) is 3.40. The minimum absolute atomic E-state index is 0.0466. The van der Waals surface area contributed by atoms with Crippen LogP contribution in [0.5, 0.6) is 0 Å². The highest BCUT2D eigenvalue weighted by atomic mass is 32.1. The number of nitrogens with two attached hydrogens (primary N) is 1. The fraction of sp³-hybridized carbons (Fsp3) is 0.600. The van der Waals surface area contributed by atoms with Gasteiger partial charge < -0.3 is 15.4 Å². The molecule has 0 aromatic carbocycles. The number of nitrogen functional groups attached to an aromatic ring is 1. The second-order valence-electron chi connectivity index (χ2n) is 3.72. The van der Waals surface area contributed by atoms with Crippen LogP contribution in [0.2, 0.25) is 0 Å². The standard InChI is InChI=1S/C10H15N3O2S/c1-2-7-5-13(3-4-15-7)9(14)8-6-16-10(11)12-8/h6-7H,2-5H2,1H3,(H2,11,12). The molecule has 1 fully saturated rings. The zero-order valence-corrected chi connectivity index (χ0v) is 10.00. The molecule has 1 amide bonds. The maximum absolute atomic E-state index is 12.0. The molecule has 0 bridgehead atoms. The third-order valence-electron chi connectivity index (χ3n) is 2.62. The molecule has 0 radical (unpaired) electrons. The quantitative estimate of drug-likeness (QED) is 0.838. The molecule has 2 N–H and O–H groups in total. The molecule has 0 saturated carbocycles. The van der Waals surface area contributed by atoms with E-state index in [1.54, 1.807) is 10.3 Å². The average molecular weight is 241 g/mol. The molecule has 1 aliphatic heterocycles. The summed E-state index contributed by atoms with van der Waals surface area (Å²) in [7, 11) is 0. The molecule has 1 unspecified atom stereocenters. The molecular formula is C10H15N3O2S. The van der Waals surface area contributed by atoms with Gasteiger partial charge in [0.1, 0.15) is 5.69 Å². The van der Waals surface area contributed by atoms with Crippen molar-refractivity contribution >= 4 is 22.4 Å². The van der Waals surface area contributed by atoms with Gasteiger partial charge in [-0.25, -0.2) is 4.98 Å². The molecule has 16 heavy (non-hydrogen) atoms. The Hall–Kier alpha value is -1.14. The summed E-state index contributed by atoms with van der Waals surface area (Å²) in [6, 6.07) is 0. The minimum atomic E-state index is -0.0466. The van der Waals surface area contributed by atoms with Crippen LogP contribution in [0.1, 0.15) is 23.8 Å². The molecule has 0 aliphatic carbocycles. The van der Waals surface area contributed by atoms with E-state index in [0.717, 1.165) is 6.42 Å². The van der Waals surface area contributed by atoms with Gasteiger partial charge in [0.25, 0.3) is 5.91 Å². The van der Waals surface area contributed by atoms with Gasteiger partial charge in [0.2, 0.25) is 0 Å². The van der Waals surface area contributed by atoms with E-state index in [4.69, 9.17) is 10.5 Å². The average Bonchev–Trinajstić information content (AvgIpc) is 2.75. The second kappa shape index (κ2) is 4.80. The highest BCUT2D eigenvalue weighted by Gasteiger charge is 2.25. The van der Waals surface area contributed by atoms with Gasteiger partial charge in [-0.15, -0.1) is 11.3 Å². The van der Waals surface area contributed by atoms with Crippen molar-refractivity contribution in [1.82, 2.24) is 9.88 Å². The topological polar surface area (TPSA) is 68.5 Å². The minimum Gasteiger partial charge on any atom is -0.375 e. The van der Waals surface area contributed by atoms with Gasteiger partial charge in [0.15, 0.2) is 5.13 Å². The van der Waals surface area contributed by atoms with Crippen LogP contribution in [-0.2, 0) is 4.74 Å². The van der Waals surface area contributed by atoms with E-state index in [9.17, 15) is 4.79 Å². The number of rotatable bonds is 2. The predicted octanol–water partition coefficient (Wildman–Crippen LogP) is 0.976. The van der Waals surface area contributed by atoms with Crippen LogP contribution in [0, 0.1) is 0 Å². The number of morpholine rings is 1. The molecular weight excluding hydrogens is 226 g/mol. The van der Waals surface area contributed by atoms with Crippen molar-refractivity contribution < 1.29 is 9.53 Å². The molecule has 2 heterocycles. The summed E-state index contributed by atoms with van der Waals surface area (Å²) < 4.78 is 5.51. The highest BCUT2D eigenvalue weighted by Crippen LogP contribution is 2.15. The zero-order valence-electron chi connectivity index (χ0n) is 9.18. The number of hydrogen-bond donors (Lipinski definition) is 1. The summed E-state index contributed by atoms with van der Waals surface area (Å²) in [6.07, 6.45) is 1.07. The predicted molar refractivity (Wildman–Crippen MR) is 62.5 cm³/mol. The number of thiazole rings is 1. The smallest absolute Gasteiger partial charge is 0.273 e. The van der Waals surface area contributed by atoms with Gasteiger partial charge in [0, 0.05) is 18.5 Å². The Bertz CT molecular complexity index is 380. The fourth-order valence-electron chi connectivity index (χ4n) is 1.70. The third-order valence-corrected chi connectivity index (χ3v) is 3.30. The number of anilines is 1. The van der Waals surface area contributed by atoms with Crippen molar-refractivity contribution in [1.29, 1.82) is 0 Å². The normalized spacial score (nSPS) is 21.1. The van der Waals surface area contributed by atoms with Gasteiger partial charge in [-0.1, -0.05) is 6.92 Å². The molecule has 1 atom stereocenters. The first-order valence-electron chi connectivity index (χ1n) is 5.32. The Labute approximate surface area is 98.2 Å². The summed E-state index contributed by atoms with van der Waals surface area (Å²) in [5.74, 6) is -0.0466. The summed E-state index contributed by atoms with van der Waals surface area (Å²) >= 11 is 1.29. The second-order valence-corrected chi connectivity index (χ2v) is 4.61. The van der Waals surface area contributed by atoms with E-state index in [2.05, 4.69) is 11.9 Å². The van der Waals surface area contributed by atoms with Crippen LogP contribution in [0.15, 0.2) is 5.38 Å². The number of carbonyl (C=O) groups excluding carboxylic acids is 1. The first-order chi connectivity index (χ1) is 7.70. The first-order valence-corrected chi connectivity index (χ1v) is 6.20. The largest absolute Gasteiger partial charge is 0.375 e. The molecule has 1 saturated heterocycles. The van der Waals surface area contributed by atoms with Crippen LogP contribution >= 0.6 is 11.3 Å². The maximum atomic E-state index is 12.0. The van der Waals surface area contributed by atoms with E-state index < -0.39 is 0 Å². The van der Waals surface area contributed by atoms with Gasteiger partial charge in [0.05, 0.1) is 12.7 Å². The van der Waals surface area contributed by atoms with E-state index in [1.807, 2.05) is 0 Å². The summed E-state index contributed by atoms with van der Waals surface area (Å²) in [5.41, 5.74) is 5.96. The lowest BCUT2D eigenvalue weighted by molar-refractivity contribution is -0.0227. The third kappa shape index (κ3) is 2.33. The van der Waals surface area contributed by atoms with Crippen LogP contribution in [-0.4, -0.2) is 41.6 Å². The number of aromatic nitrogens is 1. The van der Waals surface area contributed by atoms with Crippen molar-refractivity contribution in [2.75, 3.05) is 25.4 Å². The molecule has 5 nitrogen and oxygen atoms in total. The Balaban J connectivity index is 2.04. The number of amides is 1. The lowest BCUT2D eigenvalue weighted by atomic mass is 10.2. The summed E-state index contributed by atoms with van der Waals surface area (Å²) in [6.45, 7) is 3.93. The number of carbonyl (C=O) groups is 1. The Morgan fingerprint density at radius 3 is 3.25 bits per heavy atom. The lowest BCUT2D eigenvalue weighted by Gasteiger charge is -2.32. The van der Waals surface area contributed by atoms with Crippen molar-refractivity contribution in [3.05, 3.63) is 11.1 Å². The molecule has 6 heteroatoms. The van der Waals surface area contributed by atoms with Crippen LogP contribution < -0.4 is 5.73 Å². The fourth-order valence-corrected chi connectivity index (χ4v) is 2.24. The van der Waals surface area contributed by atoms with Crippen molar-refractivity contribution in [2.45, 2.75) is 19.4 Å². The van der Waals surface area contributed by atoms with E-state index in [1.165, 1.54) is 11.3 Å². The first kappa shape index (κ1) is 11.3. The van der Waals surface area contributed by atoms with Gasteiger partial charge in [-0.3, -0.25) is 4.79 Å². The number of nitrogens with zero attached hydrogens (tertiary/aromatic N) is 2. The van der Waals surface area contributed by atoms with Crippen molar-refractivity contribution in [2.24, 2.45) is 0 Å². The highest BCUT2D eigenvalue weighted by molar-refractivity contribution is 7.13. The van der Waals surface area contributed by atoms with E-state index in [0.29, 0.717) is 30.5 Å². The van der Waals surface area contributed by atoms with Gasteiger partial charge in [-0.2, -0.15) is 0 Å². The number of hydrogen-bond acceptors (Lipinski definition) is 5. The van der Waals surface area contributed by atoms with Crippen LogP contribution in [0.4, 0.5) is 5.13 Å². The van der Waals surface area contributed by atoms with E-state index in [-0.39, 0.29) is 12.0 Å². The molecule has 1 aliphatic rings. The molecule has 1 aromatic heterocycles. The number of ether oxygens (including phenoxy) is 1.